The normalized spacial score (nSPS) is 11.3. The van der Waals surface area contributed by atoms with Gasteiger partial charge < -0.3 is 15.0 Å². The number of nitrogens with two attached hydrogens (primary N) is 1. The lowest BCUT2D eigenvalue weighted by molar-refractivity contribution is 0.408. The molecule has 0 saturated heterocycles. The predicted molar refractivity (Wildman–Crippen MR) is 121 cm³/mol. The maximum atomic E-state index is 12.5. The number of hydrogen-bond acceptors (Lipinski definition) is 5. The van der Waals surface area contributed by atoms with Crippen molar-refractivity contribution in [2.24, 2.45) is 0 Å². The number of anilines is 2. The van der Waals surface area contributed by atoms with Crippen LogP contribution in [-0.4, -0.2) is 25.1 Å². The zero-order valence-electron chi connectivity index (χ0n) is 16.9. The van der Waals surface area contributed by atoms with Gasteiger partial charge in [0.25, 0.3) is 10.0 Å². The van der Waals surface area contributed by atoms with Crippen molar-refractivity contribution in [3.05, 3.63) is 90.6 Å². The first kappa shape index (κ1) is 20.5. The Labute approximate surface area is 181 Å². The molecule has 0 bridgehead atoms. The van der Waals surface area contributed by atoms with Crippen LogP contribution in [-0.2, 0) is 16.6 Å². The second kappa shape index (κ2) is 8.53. The fraction of sp³-hybridized carbons (Fsp3) is 0.0870. The topological polar surface area (TPSA) is 99.2 Å². The Morgan fingerprint density at radius 3 is 2.35 bits per heavy atom. The number of imidazole rings is 1. The van der Waals surface area contributed by atoms with Crippen LogP contribution in [0, 0.1) is 0 Å². The van der Waals surface area contributed by atoms with E-state index in [2.05, 4.69) is 9.71 Å². The van der Waals surface area contributed by atoms with Crippen molar-refractivity contribution in [1.29, 1.82) is 0 Å². The quantitative estimate of drug-likeness (QED) is 0.458. The van der Waals surface area contributed by atoms with E-state index in [0.717, 1.165) is 16.9 Å². The highest BCUT2D eigenvalue weighted by atomic mass is 32.2. The average Bonchev–Trinajstić information content (AvgIpc) is 3.15. The number of hydrogen-bond donors (Lipinski definition) is 2. The highest BCUT2D eigenvalue weighted by Gasteiger charge is 2.14. The number of benzene rings is 3. The molecule has 0 saturated carbocycles. The minimum atomic E-state index is -3.64. The molecule has 0 unspecified atom stereocenters. The summed E-state index contributed by atoms with van der Waals surface area (Å²) >= 11 is 0. The van der Waals surface area contributed by atoms with Gasteiger partial charge in [0.1, 0.15) is 5.75 Å². The molecule has 0 amide bonds. The first-order valence-electron chi connectivity index (χ1n) is 9.59. The van der Waals surface area contributed by atoms with Gasteiger partial charge in [-0.05, 0) is 30.3 Å². The fourth-order valence-electron chi connectivity index (χ4n) is 3.24. The van der Waals surface area contributed by atoms with Gasteiger partial charge in [-0.2, -0.15) is 0 Å². The van der Waals surface area contributed by atoms with E-state index in [1.807, 2.05) is 35.0 Å². The smallest absolute Gasteiger partial charge is 0.261 e. The van der Waals surface area contributed by atoms with Crippen LogP contribution in [0.4, 0.5) is 11.6 Å². The van der Waals surface area contributed by atoms with Crippen LogP contribution in [0.5, 0.6) is 5.75 Å². The van der Waals surface area contributed by atoms with Crippen molar-refractivity contribution in [1.82, 2.24) is 9.55 Å². The predicted octanol–water partition coefficient (Wildman–Crippen LogP) is 3.99. The van der Waals surface area contributed by atoms with Crippen LogP contribution in [0.3, 0.4) is 0 Å². The molecule has 0 aliphatic heterocycles. The van der Waals surface area contributed by atoms with Crippen molar-refractivity contribution in [2.75, 3.05) is 17.6 Å². The van der Waals surface area contributed by atoms with Gasteiger partial charge >= 0.3 is 0 Å². The molecule has 4 rings (SSSR count). The minimum absolute atomic E-state index is 0.210. The van der Waals surface area contributed by atoms with E-state index in [-0.39, 0.29) is 4.90 Å². The van der Waals surface area contributed by atoms with E-state index >= 15 is 0 Å². The van der Waals surface area contributed by atoms with E-state index < -0.39 is 10.0 Å². The van der Waals surface area contributed by atoms with Crippen LogP contribution in [0.25, 0.3) is 11.3 Å². The van der Waals surface area contributed by atoms with E-state index in [1.54, 1.807) is 61.7 Å². The standard InChI is InChI=1S/C23H22N4O3S/c1-30-22-10-6-5-7-18(22)15-27-16-21(25-23(27)24)17-11-13-19(14-12-17)26-31(28,29)20-8-3-2-4-9-20/h2-14,16,26H,15H2,1H3,(H2,24,25). The fourth-order valence-corrected chi connectivity index (χ4v) is 4.32. The van der Waals surface area contributed by atoms with Crippen molar-refractivity contribution in [3.8, 4) is 17.0 Å². The van der Waals surface area contributed by atoms with E-state index in [4.69, 9.17) is 10.5 Å². The molecule has 1 heterocycles. The highest BCUT2D eigenvalue weighted by Crippen LogP contribution is 2.25. The number of ether oxygens (including phenoxy) is 1. The molecule has 31 heavy (non-hydrogen) atoms. The summed E-state index contributed by atoms with van der Waals surface area (Å²) in [7, 11) is -2.00. The highest BCUT2D eigenvalue weighted by molar-refractivity contribution is 7.92. The molecular formula is C23H22N4O3S. The largest absolute Gasteiger partial charge is 0.496 e. The summed E-state index contributed by atoms with van der Waals surface area (Å²) in [4.78, 5) is 4.66. The second-order valence-electron chi connectivity index (χ2n) is 6.92. The summed E-state index contributed by atoms with van der Waals surface area (Å²) in [6, 6.07) is 23.0. The molecule has 0 spiro atoms. The number of aromatic nitrogens is 2. The molecule has 158 valence electrons. The Bertz CT molecular complexity index is 1280. The number of nitrogens with one attached hydrogen (secondary N) is 1. The van der Waals surface area contributed by atoms with Gasteiger partial charge in [0.15, 0.2) is 0 Å². The van der Waals surface area contributed by atoms with Crippen molar-refractivity contribution < 1.29 is 13.2 Å². The lowest BCUT2D eigenvalue weighted by atomic mass is 10.1. The third-order valence-corrected chi connectivity index (χ3v) is 6.22. The zero-order chi connectivity index (χ0) is 21.8. The van der Waals surface area contributed by atoms with Gasteiger partial charge in [-0.25, -0.2) is 13.4 Å². The van der Waals surface area contributed by atoms with Gasteiger partial charge in [0.2, 0.25) is 5.95 Å². The van der Waals surface area contributed by atoms with Gasteiger partial charge in [-0.3, -0.25) is 4.72 Å². The van der Waals surface area contributed by atoms with Crippen LogP contribution in [0.2, 0.25) is 0 Å². The van der Waals surface area contributed by atoms with Crippen molar-refractivity contribution in [3.63, 3.8) is 0 Å². The molecule has 4 aromatic rings. The first-order valence-corrected chi connectivity index (χ1v) is 11.1. The monoisotopic (exact) mass is 434 g/mol. The Kier molecular flexibility index (Phi) is 5.64. The number of nitrogen functional groups attached to an aromatic ring is 1. The molecule has 3 aromatic carbocycles. The molecule has 0 fully saturated rings. The lowest BCUT2D eigenvalue weighted by Gasteiger charge is -2.09. The van der Waals surface area contributed by atoms with E-state index in [1.165, 1.54) is 0 Å². The van der Waals surface area contributed by atoms with Gasteiger partial charge in [-0.15, -0.1) is 0 Å². The molecule has 0 aliphatic rings. The third kappa shape index (κ3) is 4.54. The Morgan fingerprint density at radius 2 is 1.65 bits per heavy atom. The molecule has 0 atom stereocenters. The summed E-state index contributed by atoms with van der Waals surface area (Å²) < 4.78 is 34.8. The average molecular weight is 435 g/mol. The SMILES string of the molecule is COc1ccccc1Cn1cc(-c2ccc(NS(=O)(=O)c3ccccc3)cc2)nc1N. The minimum Gasteiger partial charge on any atom is -0.496 e. The zero-order valence-corrected chi connectivity index (χ0v) is 17.7. The lowest BCUT2D eigenvalue weighted by Crippen LogP contribution is -2.12. The molecule has 0 aliphatic carbocycles. The van der Waals surface area contributed by atoms with Crippen LogP contribution in [0.15, 0.2) is 90.0 Å². The van der Waals surface area contributed by atoms with E-state index in [0.29, 0.717) is 23.9 Å². The maximum Gasteiger partial charge on any atom is 0.261 e. The molecule has 1 aromatic heterocycles. The van der Waals surface area contributed by atoms with Crippen molar-refractivity contribution in [2.45, 2.75) is 11.4 Å². The second-order valence-corrected chi connectivity index (χ2v) is 8.60. The Hall–Kier alpha value is -3.78. The summed E-state index contributed by atoms with van der Waals surface area (Å²) in [6.45, 7) is 0.526. The number of rotatable bonds is 7. The molecule has 7 nitrogen and oxygen atoms in total. The third-order valence-electron chi connectivity index (χ3n) is 4.83. The molecular weight excluding hydrogens is 412 g/mol. The van der Waals surface area contributed by atoms with Crippen LogP contribution >= 0.6 is 0 Å². The first-order chi connectivity index (χ1) is 15.0. The summed E-state index contributed by atoms with van der Waals surface area (Å²) in [5.74, 6) is 1.17. The maximum absolute atomic E-state index is 12.5. The number of sulfonamides is 1. The van der Waals surface area contributed by atoms with Gasteiger partial charge in [-0.1, -0.05) is 48.5 Å². The van der Waals surface area contributed by atoms with Gasteiger partial charge in [0, 0.05) is 23.0 Å². The number of nitrogens with zero attached hydrogens (tertiary/aromatic N) is 2. The molecule has 3 N–H and O–H groups in total. The number of methoxy groups -OCH3 is 1. The van der Waals surface area contributed by atoms with Crippen molar-refractivity contribution >= 4 is 21.7 Å². The van der Waals surface area contributed by atoms with Gasteiger partial charge in [0.05, 0.1) is 24.2 Å². The molecule has 0 radical (unpaired) electrons. The summed E-state index contributed by atoms with van der Waals surface area (Å²) in [5, 5.41) is 0. The summed E-state index contributed by atoms with van der Waals surface area (Å²) in [6.07, 6.45) is 1.87. The Balaban J connectivity index is 1.53. The molecule has 8 heteroatoms. The van der Waals surface area contributed by atoms with E-state index in [9.17, 15) is 8.42 Å². The Morgan fingerprint density at radius 1 is 0.968 bits per heavy atom. The van der Waals surface area contributed by atoms with Crippen LogP contribution < -0.4 is 15.2 Å². The number of para-hydroxylation sites is 1. The van der Waals surface area contributed by atoms with Crippen LogP contribution in [0.1, 0.15) is 5.56 Å². The summed E-state index contributed by atoms with van der Waals surface area (Å²) in [5.41, 5.74) is 9.10.